The van der Waals surface area contributed by atoms with E-state index in [4.69, 9.17) is 0 Å². The van der Waals surface area contributed by atoms with Gasteiger partial charge in [-0.25, -0.2) is 0 Å². The van der Waals surface area contributed by atoms with E-state index in [-0.39, 0.29) is 6.42 Å². The van der Waals surface area contributed by atoms with Crippen LogP contribution in [-0.4, -0.2) is 12.0 Å². The molecule has 0 radical (unpaired) electrons. The van der Waals surface area contributed by atoms with Crippen molar-refractivity contribution in [3.8, 4) is 0 Å². The van der Waals surface area contributed by atoms with Crippen molar-refractivity contribution in [2.24, 2.45) is 0 Å². The molecule has 0 heterocycles. The number of ketones is 1. The highest BCUT2D eigenvalue weighted by Crippen LogP contribution is 2.20. The molecule has 1 nitrogen and oxygen atoms in total. The standard InChI is InChI=1S/C17H29F3O/c1-2-3-4-5-6-7-8-9-10-11-12-13-14-15-16(21)17(18,19)20/h3-4H,2,5-15H2,1H3/b4-3-. The fraction of sp³-hybridized carbons (Fsp3) is 0.824. The average molecular weight is 306 g/mol. The van der Waals surface area contributed by atoms with Gasteiger partial charge in [-0.1, -0.05) is 64.0 Å². The van der Waals surface area contributed by atoms with Crippen LogP contribution in [0.1, 0.15) is 84.0 Å². The molecule has 124 valence electrons. The van der Waals surface area contributed by atoms with Gasteiger partial charge in [0.2, 0.25) is 5.78 Å². The summed E-state index contributed by atoms with van der Waals surface area (Å²) in [5, 5.41) is 0. The summed E-state index contributed by atoms with van der Waals surface area (Å²) >= 11 is 0. The number of hydrogen-bond donors (Lipinski definition) is 0. The molecular formula is C17H29F3O. The third-order valence-corrected chi connectivity index (χ3v) is 3.49. The minimum atomic E-state index is -4.65. The molecule has 0 atom stereocenters. The van der Waals surface area contributed by atoms with E-state index in [1.807, 2.05) is 0 Å². The third-order valence-electron chi connectivity index (χ3n) is 3.49. The SMILES string of the molecule is CC/C=C\CCCCCCCCCCCC(=O)C(F)(F)F. The maximum absolute atomic E-state index is 11.9. The van der Waals surface area contributed by atoms with Crippen LogP contribution in [0.3, 0.4) is 0 Å². The number of halogens is 3. The van der Waals surface area contributed by atoms with Crippen LogP contribution in [0, 0.1) is 0 Å². The largest absolute Gasteiger partial charge is 0.449 e. The molecule has 0 bridgehead atoms. The van der Waals surface area contributed by atoms with Crippen molar-refractivity contribution in [3.63, 3.8) is 0 Å². The predicted molar refractivity (Wildman–Crippen MR) is 81.3 cm³/mol. The van der Waals surface area contributed by atoms with Crippen LogP contribution in [0.5, 0.6) is 0 Å². The van der Waals surface area contributed by atoms with Gasteiger partial charge in [0.15, 0.2) is 0 Å². The average Bonchev–Trinajstić information content (AvgIpc) is 2.42. The van der Waals surface area contributed by atoms with E-state index in [2.05, 4.69) is 19.1 Å². The Morgan fingerprint density at radius 1 is 0.810 bits per heavy atom. The fourth-order valence-corrected chi connectivity index (χ4v) is 2.21. The number of Topliss-reactive ketones (excluding diaryl/α,β-unsaturated/α-hetero) is 1. The van der Waals surface area contributed by atoms with Crippen LogP contribution < -0.4 is 0 Å². The summed E-state index contributed by atoms with van der Waals surface area (Å²) in [5.41, 5.74) is 0. The van der Waals surface area contributed by atoms with Gasteiger partial charge >= 0.3 is 6.18 Å². The number of carbonyl (C=O) groups is 1. The molecule has 0 N–H and O–H groups in total. The Morgan fingerprint density at radius 3 is 1.76 bits per heavy atom. The summed E-state index contributed by atoms with van der Waals surface area (Å²) in [7, 11) is 0. The molecule has 4 heteroatoms. The molecule has 0 saturated carbocycles. The number of rotatable bonds is 13. The summed E-state index contributed by atoms with van der Waals surface area (Å²) in [4.78, 5) is 10.6. The molecule has 0 saturated heterocycles. The first-order valence-corrected chi connectivity index (χ1v) is 8.23. The van der Waals surface area contributed by atoms with Crippen molar-refractivity contribution < 1.29 is 18.0 Å². The van der Waals surface area contributed by atoms with Crippen molar-refractivity contribution in [1.29, 1.82) is 0 Å². The van der Waals surface area contributed by atoms with Crippen molar-refractivity contribution in [2.75, 3.05) is 0 Å². The lowest BCUT2D eigenvalue weighted by Crippen LogP contribution is -2.22. The highest BCUT2D eigenvalue weighted by molar-refractivity contribution is 5.83. The minimum Gasteiger partial charge on any atom is -0.290 e. The molecule has 0 amide bonds. The van der Waals surface area contributed by atoms with E-state index in [1.165, 1.54) is 32.1 Å². The molecule has 0 aromatic heterocycles. The highest BCUT2D eigenvalue weighted by atomic mass is 19.4. The van der Waals surface area contributed by atoms with Gasteiger partial charge in [-0.3, -0.25) is 4.79 Å². The normalized spacial score (nSPS) is 12.2. The zero-order valence-electron chi connectivity index (χ0n) is 13.2. The van der Waals surface area contributed by atoms with E-state index in [0.29, 0.717) is 6.42 Å². The first-order chi connectivity index (χ1) is 9.98. The molecule has 0 fully saturated rings. The Morgan fingerprint density at radius 2 is 1.29 bits per heavy atom. The fourth-order valence-electron chi connectivity index (χ4n) is 2.21. The first-order valence-electron chi connectivity index (χ1n) is 8.23. The molecule has 0 aliphatic rings. The van der Waals surface area contributed by atoms with E-state index in [0.717, 1.165) is 32.1 Å². The lowest BCUT2D eigenvalue weighted by molar-refractivity contribution is -0.171. The quantitative estimate of drug-likeness (QED) is 0.285. The Hall–Kier alpha value is -0.800. The molecule has 0 aliphatic heterocycles. The summed E-state index contributed by atoms with van der Waals surface area (Å²) in [6, 6.07) is 0. The third kappa shape index (κ3) is 13.9. The summed E-state index contributed by atoms with van der Waals surface area (Å²) < 4.78 is 35.8. The maximum atomic E-state index is 11.9. The second kappa shape index (κ2) is 12.9. The number of unbranched alkanes of at least 4 members (excludes halogenated alkanes) is 9. The van der Waals surface area contributed by atoms with Crippen LogP contribution in [0.15, 0.2) is 12.2 Å². The van der Waals surface area contributed by atoms with Gasteiger partial charge in [0.25, 0.3) is 0 Å². The van der Waals surface area contributed by atoms with Gasteiger partial charge in [-0.05, 0) is 25.7 Å². The Labute approximate surface area is 127 Å². The van der Waals surface area contributed by atoms with Crippen molar-refractivity contribution in [2.45, 2.75) is 90.1 Å². The Bertz CT molecular complexity index is 282. The van der Waals surface area contributed by atoms with Crippen LogP contribution in [-0.2, 0) is 4.79 Å². The number of hydrogen-bond acceptors (Lipinski definition) is 1. The number of allylic oxidation sites excluding steroid dienone is 2. The van der Waals surface area contributed by atoms with Gasteiger partial charge in [-0.15, -0.1) is 0 Å². The maximum Gasteiger partial charge on any atom is 0.449 e. The molecule has 0 aromatic carbocycles. The van der Waals surface area contributed by atoms with E-state index < -0.39 is 12.0 Å². The van der Waals surface area contributed by atoms with Crippen LogP contribution in [0.2, 0.25) is 0 Å². The smallest absolute Gasteiger partial charge is 0.290 e. The van der Waals surface area contributed by atoms with Crippen molar-refractivity contribution >= 4 is 5.78 Å². The number of alkyl halides is 3. The molecule has 0 aliphatic carbocycles. The summed E-state index contributed by atoms with van der Waals surface area (Å²) in [5.74, 6) is -1.58. The second-order valence-corrected chi connectivity index (χ2v) is 5.52. The van der Waals surface area contributed by atoms with Crippen LogP contribution in [0.4, 0.5) is 13.2 Å². The van der Waals surface area contributed by atoms with Gasteiger partial charge in [0.05, 0.1) is 0 Å². The van der Waals surface area contributed by atoms with Crippen LogP contribution >= 0.6 is 0 Å². The summed E-state index contributed by atoms with van der Waals surface area (Å²) in [6.45, 7) is 2.13. The Kier molecular flexibility index (Phi) is 12.4. The summed E-state index contributed by atoms with van der Waals surface area (Å²) in [6.07, 6.45) is 10.9. The van der Waals surface area contributed by atoms with E-state index in [1.54, 1.807) is 0 Å². The second-order valence-electron chi connectivity index (χ2n) is 5.52. The van der Waals surface area contributed by atoms with Gasteiger partial charge in [-0.2, -0.15) is 13.2 Å². The molecule has 21 heavy (non-hydrogen) atoms. The molecule has 0 aromatic rings. The number of carbonyl (C=O) groups excluding carboxylic acids is 1. The lowest BCUT2D eigenvalue weighted by atomic mass is 10.0. The minimum absolute atomic E-state index is 0.352. The van der Waals surface area contributed by atoms with Crippen molar-refractivity contribution in [1.82, 2.24) is 0 Å². The van der Waals surface area contributed by atoms with E-state index >= 15 is 0 Å². The molecule has 0 unspecified atom stereocenters. The highest BCUT2D eigenvalue weighted by Gasteiger charge is 2.36. The zero-order chi connectivity index (χ0) is 16.0. The molecule has 0 rings (SSSR count). The lowest BCUT2D eigenvalue weighted by Gasteiger charge is -2.05. The van der Waals surface area contributed by atoms with Gasteiger partial charge in [0, 0.05) is 6.42 Å². The molecule has 0 spiro atoms. The molecular weight excluding hydrogens is 277 g/mol. The topological polar surface area (TPSA) is 17.1 Å². The zero-order valence-corrected chi connectivity index (χ0v) is 13.2. The van der Waals surface area contributed by atoms with Crippen LogP contribution in [0.25, 0.3) is 0 Å². The van der Waals surface area contributed by atoms with Crippen molar-refractivity contribution in [3.05, 3.63) is 12.2 Å². The first kappa shape index (κ1) is 20.2. The monoisotopic (exact) mass is 306 g/mol. The van der Waals surface area contributed by atoms with E-state index in [9.17, 15) is 18.0 Å². The Balaban J connectivity index is 3.20. The van der Waals surface area contributed by atoms with Gasteiger partial charge < -0.3 is 0 Å². The predicted octanol–water partition coefficient (Wildman–Crippen LogP) is 6.38. The van der Waals surface area contributed by atoms with Gasteiger partial charge in [0.1, 0.15) is 0 Å².